The van der Waals surface area contributed by atoms with Crippen LogP contribution in [0, 0.1) is 6.92 Å². The van der Waals surface area contributed by atoms with Crippen LogP contribution in [0.1, 0.15) is 11.1 Å². The first kappa shape index (κ1) is 16.3. The lowest BCUT2D eigenvalue weighted by atomic mass is 10.2. The minimum absolute atomic E-state index is 0.340. The Morgan fingerprint density at radius 3 is 2.85 bits per heavy atom. The summed E-state index contributed by atoms with van der Waals surface area (Å²) >= 11 is 6.21. The average molecular weight is 367 g/mol. The summed E-state index contributed by atoms with van der Waals surface area (Å²) in [6, 6.07) is 15.3. The molecule has 0 spiro atoms. The van der Waals surface area contributed by atoms with Gasteiger partial charge in [-0.15, -0.1) is 5.10 Å². The zero-order chi connectivity index (χ0) is 18.1. The normalized spacial score (nSPS) is 11.0. The minimum atomic E-state index is -0.355. The number of H-pyrrole nitrogens is 1. The first-order valence-corrected chi connectivity index (χ1v) is 8.38. The van der Waals surface area contributed by atoms with Crippen molar-refractivity contribution in [3.63, 3.8) is 0 Å². The molecule has 2 heterocycles. The van der Waals surface area contributed by atoms with Crippen LogP contribution in [-0.4, -0.2) is 25.2 Å². The molecule has 7 nitrogen and oxygen atoms in total. The fourth-order valence-corrected chi connectivity index (χ4v) is 2.95. The van der Waals surface area contributed by atoms with Gasteiger partial charge in [-0.05, 0) is 36.2 Å². The third-order valence-corrected chi connectivity index (χ3v) is 4.37. The quantitative estimate of drug-likeness (QED) is 0.578. The lowest BCUT2D eigenvalue weighted by molar-refractivity contribution is 0.667. The number of rotatable bonds is 4. The second kappa shape index (κ2) is 6.61. The zero-order valence-corrected chi connectivity index (χ0v) is 14.7. The Morgan fingerprint density at radius 2 is 2.04 bits per heavy atom. The van der Waals surface area contributed by atoms with Gasteiger partial charge in [0, 0.05) is 10.7 Å². The van der Waals surface area contributed by atoms with Crippen molar-refractivity contribution in [3.05, 3.63) is 75.0 Å². The van der Waals surface area contributed by atoms with Gasteiger partial charge in [0.25, 0.3) is 5.56 Å². The maximum Gasteiger partial charge on any atom is 0.292 e. The van der Waals surface area contributed by atoms with Gasteiger partial charge in [0.2, 0.25) is 0 Å². The highest BCUT2D eigenvalue weighted by Crippen LogP contribution is 2.22. The van der Waals surface area contributed by atoms with E-state index in [9.17, 15) is 4.79 Å². The third kappa shape index (κ3) is 3.04. The molecule has 2 N–H and O–H groups in total. The molecule has 4 aromatic rings. The SMILES string of the molecule is Cc1cccc(Nc2n[nH]c(=O)c3c2nnn3Cc2ccccc2Cl)c1. The van der Waals surface area contributed by atoms with Crippen LogP contribution in [0.5, 0.6) is 0 Å². The molecule has 0 aliphatic rings. The lowest BCUT2D eigenvalue weighted by Crippen LogP contribution is -2.15. The van der Waals surface area contributed by atoms with Gasteiger partial charge >= 0.3 is 0 Å². The van der Waals surface area contributed by atoms with Gasteiger partial charge in [-0.3, -0.25) is 4.79 Å². The summed E-state index contributed by atoms with van der Waals surface area (Å²) in [6.45, 7) is 2.34. The highest BCUT2D eigenvalue weighted by atomic mass is 35.5. The van der Waals surface area contributed by atoms with E-state index in [4.69, 9.17) is 11.6 Å². The maximum atomic E-state index is 12.3. The third-order valence-electron chi connectivity index (χ3n) is 4.00. The number of aryl methyl sites for hydroxylation is 1. The lowest BCUT2D eigenvalue weighted by Gasteiger charge is -2.07. The molecular weight excluding hydrogens is 352 g/mol. The van der Waals surface area contributed by atoms with Gasteiger partial charge in [0.05, 0.1) is 6.54 Å². The molecule has 2 aromatic carbocycles. The number of anilines is 2. The van der Waals surface area contributed by atoms with Crippen molar-refractivity contribution in [1.82, 2.24) is 25.2 Å². The monoisotopic (exact) mass is 366 g/mol. The van der Waals surface area contributed by atoms with Crippen molar-refractivity contribution in [2.45, 2.75) is 13.5 Å². The molecule has 130 valence electrons. The van der Waals surface area contributed by atoms with E-state index in [0.29, 0.717) is 28.4 Å². The summed E-state index contributed by atoms with van der Waals surface area (Å²) < 4.78 is 1.53. The first-order chi connectivity index (χ1) is 12.6. The van der Waals surface area contributed by atoms with Gasteiger partial charge in [-0.2, -0.15) is 5.10 Å². The number of fused-ring (bicyclic) bond motifs is 1. The number of hydrogen-bond donors (Lipinski definition) is 2. The summed E-state index contributed by atoms with van der Waals surface area (Å²) in [5.74, 6) is 0.440. The standard InChI is InChI=1S/C18H15ClN6O/c1-11-5-4-7-13(9-11)20-17-15-16(18(26)23-22-17)25(24-21-15)10-12-6-2-3-8-14(12)19/h2-9H,10H2,1H3,(H,20,22)(H,23,26). The number of aromatic nitrogens is 5. The highest BCUT2D eigenvalue weighted by molar-refractivity contribution is 6.31. The van der Waals surface area contributed by atoms with Crippen molar-refractivity contribution in [1.29, 1.82) is 0 Å². The Kier molecular flexibility index (Phi) is 4.14. The minimum Gasteiger partial charge on any atom is -0.337 e. The van der Waals surface area contributed by atoms with Crippen molar-refractivity contribution in [2.24, 2.45) is 0 Å². The van der Waals surface area contributed by atoms with Gasteiger partial charge in [-0.1, -0.05) is 47.1 Å². The molecule has 0 radical (unpaired) electrons. The van der Waals surface area contributed by atoms with E-state index in [2.05, 4.69) is 25.8 Å². The van der Waals surface area contributed by atoms with Gasteiger partial charge in [0.1, 0.15) is 0 Å². The number of benzene rings is 2. The average Bonchev–Trinajstić information content (AvgIpc) is 3.04. The molecule has 8 heteroatoms. The van der Waals surface area contributed by atoms with Crippen molar-refractivity contribution in [3.8, 4) is 0 Å². The van der Waals surface area contributed by atoms with E-state index in [1.54, 1.807) is 6.07 Å². The van der Waals surface area contributed by atoms with Gasteiger partial charge in [-0.25, -0.2) is 9.78 Å². The maximum absolute atomic E-state index is 12.3. The number of halogens is 1. The van der Waals surface area contributed by atoms with E-state index >= 15 is 0 Å². The summed E-state index contributed by atoms with van der Waals surface area (Å²) in [5.41, 5.74) is 3.21. The van der Waals surface area contributed by atoms with Crippen LogP contribution < -0.4 is 10.9 Å². The first-order valence-electron chi connectivity index (χ1n) is 8.01. The second-order valence-electron chi connectivity index (χ2n) is 5.93. The molecule has 0 unspecified atom stereocenters. The van der Waals surface area contributed by atoms with Crippen molar-refractivity contribution in [2.75, 3.05) is 5.32 Å². The summed E-state index contributed by atoms with van der Waals surface area (Å²) in [4.78, 5) is 12.3. The van der Waals surface area contributed by atoms with Crippen LogP contribution in [-0.2, 0) is 6.54 Å². The number of nitrogens with zero attached hydrogens (tertiary/aromatic N) is 4. The predicted octanol–water partition coefficient (Wildman–Crippen LogP) is 3.27. The highest BCUT2D eigenvalue weighted by Gasteiger charge is 2.15. The molecule has 0 saturated carbocycles. The van der Waals surface area contributed by atoms with Crippen LogP contribution in [0.25, 0.3) is 11.0 Å². The second-order valence-corrected chi connectivity index (χ2v) is 6.34. The molecule has 0 saturated heterocycles. The van der Waals surface area contributed by atoms with Crippen LogP contribution >= 0.6 is 11.6 Å². The number of nitrogens with one attached hydrogen (secondary N) is 2. The van der Waals surface area contributed by atoms with Gasteiger partial charge in [0.15, 0.2) is 16.9 Å². The smallest absolute Gasteiger partial charge is 0.292 e. The molecule has 0 aliphatic carbocycles. The van der Waals surface area contributed by atoms with Crippen LogP contribution in [0.2, 0.25) is 5.02 Å². The molecule has 0 fully saturated rings. The van der Waals surface area contributed by atoms with Crippen molar-refractivity contribution >= 4 is 34.1 Å². The fourth-order valence-electron chi connectivity index (χ4n) is 2.76. The zero-order valence-electron chi connectivity index (χ0n) is 13.9. The van der Waals surface area contributed by atoms with E-state index in [0.717, 1.165) is 16.8 Å². The summed E-state index contributed by atoms with van der Waals surface area (Å²) in [7, 11) is 0. The number of hydrogen-bond acceptors (Lipinski definition) is 5. The van der Waals surface area contributed by atoms with Crippen molar-refractivity contribution < 1.29 is 0 Å². The Bertz CT molecular complexity index is 1150. The Balaban J connectivity index is 1.76. The van der Waals surface area contributed by atoms with E-state index < -0.39 is 0 Å². The Hall–Kier alpha value is -3.19. The molecule has 2 aromatic heterocycles. The largest absolute Gasteiger partial charge is 0.337 e. The number of aromatic amines is 1. The molecular formula is C18H15ClN6O. The van der Waals surface area contributed by atoms with E-state index in [1.165, 1.54) is 4.68 Å². The topological polar surface area (TPSA) is 88.5 Å². The Labute approximate surface area is 153 Å². The molecule has 0 amide bonds. The summed E-state index contributed by atoms with van der Waals surface area (Å²) in [5, 5.41) is 18.6. The summed E-state index contributed by atoms with van der Waals surface area (Å²) in [6.07, 6.45) is 0. The molecule has 4 rings (SSSR count). The fraction of sp³-hybridized carbons (Fsp3) is 0.111. The van der Waals surface area contributed by atoms with E-state index in [1.807, 2.05) is 49.4 Å². The predicted molar refractivity (Wildman–Crippen MR) is 101 cm³/mol. The van der Waals surface area contributed by atoms with Crippen LogP contribution in [0.15, 0.2) is 53.3 Å². The molecule has 0 aliphatic heterocycles. The molecule has 0 atom stereocenters. The molecule has 0 bridgehead atoms. The van der Waals surface area contributed by atoms with Gasteiger partial charge < -0.3 is 5.32 Å². The van der Waals surface area contributed by atoms with Crippen LogP contribution in [0.4, 0.5) is 11.5 Å². The molecule has 26 heavy (non-hydrogen) atoms. The van der Waals surface area contributed by atoms with Crippen LogP contribution in [0.3, 0.4) is 0 Å². The van der Waals surface area contributed by atoms with E-state index in [-0.39, 0.29) is 5.56 Å². The Morgan fingerprint density at radius 1 is 1.19 bits per heavy atom.